The van der Waals surface area contributed by atoms with Crippen molar-refractivity contribution in [2.45, 2.75) is 12.8 Å². The molecular formula is C30H27N3O5. The lowest BCUT2D eigenvalue weighted by atomic mass is 9.80. The first-order valence-electron chi connectivity index (χ1n) is 12.3. The van der Waals surface area contributed by atoms with Gasteiger partial charge in [-0.2, -0.15) is 0 Å². The smallest absolute Gasteiger partial charge is 0.337 e. The third kappa shape index (κ3) is 4.41. The SMILES string of the molecule is CCOC(=O)C1=C(c2ccccc2)Nc2c(c(=O)n(C)c(=O)n2C)C1c1cccc(Oc2ccccc2)c1. The van der Waals surface area contributed by atoms with Gasteiger partial charge in [0.1, 0.15) is 17.3 Å². The minimum absolute atomic E-state index is 0.159. The van der Waals surface area contributed by atoms with Gasteiger partial charge in [0, 0.05) is 14.1 Å². The molecule has 1 atom stereocenters. The van der Waals surface area contributed by atoms with Crippen molar-refractivity contribution in [3.05, 3.63) is 128 Å². The van der Waals surface area contributed by atoms with Gasteiger partial charge in [0.15, 0.2) is 0 Å². The van der Waals surface area contributed by atoms with E-state index < -0.39 is 23.1 Å². The molecule has 0 spiro atoms. The number of carbonyl (C=O) groups excluding carboxylic acids is 1. The number of esters is 1. The zero-order valence-electron chi connectivity index (χ0n) is 21.3. The molecule has 5 rings (SSSR count). The van der Waals surface area contributed by atoms with E-state index in [9.17, 15) is 14.4 Å². The summed E-state index contributed by atoms with van der Waals surface area (Å²) in [7, 11) is 3.02. The summed E-state index contributed by atoms with van der Waals surface area (Å²) in [5, 5.41) is 3.23. The van der Waals surface area contributed by atoms with E-state index in [2.05, 4.69) is 5.32 Å². The standard InChI is InChI=1S/C30H27N3O5/c1-4-37-29(35)24-23(20-14-11-17-22(18-20)38-21-15-9-6-10-16-21)25-27(32(2)30(36)33(3)28(25)34)31-26(24)19-12-7-5-8-13-19/h5-18,23,31H,4H2,1-3H3. The number of fused-ring (bicyclic) bond motifs is 1. The average molecular weight is 510 g/mol. The van der Waals surface area contributed by atoms with Crippen LogP contribution < -0.4 is 21.3 Å². The Morgan fingerprint density at radius 1 is 0.868 bits per heavy atom. The number of nitrogens with one attached hydrogen (secondary N) is 1. The summed E-state index contributed by atoms with van der Waals surface area (Å²) in [5.74, 6) is 0.134. The zero-order valence-corrected chi connectivity index (χ0v) is 21.3. The molecule has 1 aliphatic heterocycles. The predicted molar refractivity (Wildman–Crippen MR) is 145 cm³/mol. The molecule has 0 saturated carbocycles. The van der Waals surface area contributed by atoms with Crippen molar-refractivity contribution in [1.82, 2.24) is 9.13 Å². The van der Waals surface area contributed by atoms with Gasteiger partial charge in [0.25, 0.3) is 5.56 Å². The molecule has 1 N–H and O–H groups in total. The van der Waals surface area contributed by atoms with Gasteiger partial charge in [-0.15, -0.1) is 0 Å². The number of benzene rings is 3. The van der Waals surface area contributed by atoms with E-state index in [-0.39, 0.29) is 17.7 Å². The van der Waals surface area contributed by atoms with Crippen molar-refractivity contribution >= 4 is 17.5 Å². The highest BCUT2D eigenvalue weighted by Crippen LogP contribution is 2.43. The molecule has 0 saturated heterocycles. The predicted octanol–water partition coefficient (Wildman–Crippen LogP) is 4.41. The van der Waals surface area contributed by atoms with Crippen molar-refractivity contribution in [3.8, 4) is 11.5 Å². The molecule has 192 valence electrons. The van der Waals surface area contributed by atoms with E-state index >= 15 is 0 Å². The lowest BCUT2D eigenvalue weighted by molar-refractivity contribution is -0.138. The van der Waals surface area contributed by atoms with Gasteiger partial charge in [-0.05, 0) is 42.3 Å². The number of carbonyl (C=O) groups is 1. The fourth-order valence-electron chi connectivity index (χ4n) is 4.73. The minimum atomic E-state index is -0.828. The van der Waals surface area contributed by atoms with Crippen LogP contribution in [0.3, 0.4) is 0 Å². The quantitative estimate of drug-likeness (QED) is 0.387. The summed E-state index contributed by atoms with van der Waals surface area (Å²) in [5.41, 5.74) is 1.41. The molecule has 1 aromatic heterocycles. The van der Waals surface area contributed by atoms with Crippen LogP contribution in [0.25, 0.3) is 5.70 Å². The van der Waals surface area contributed by atoms with Crippen LogP contribution >= 0.6 is 0 Å². The summed E-state index contributed by atoms with van der Waals surface area (Å²) in [6.45, 7) is 1.89. The highest BCUT2D eigenvalue weighted by Gasteiger charge is 2.39. The Balaban J connectivity index is 1.80. The summed E-state index contributed by atoms with van der Waals surface area (Å²) in [4.78, 5) is 40.1. The van der Waals surface area contributed by atoms with Gasteiger partial charge in [-0.25, -0.2) is 9.59 Å². The van der Waals surface area contributed by atoms with Crippen LogP contribution in [-0.4, -0.2) is 21.7 Å². The van der Waals surface area contributed by atoms with Crippen LogP contribution in [0.1, 0.15) is 29.5 Å². The monoisotopic (exact) mass is 509 g/mol. The van der Waals surface area contributed by atoms with Crippen molar-refractivity contribution in [2.24, 2.45) is 14.1 Å². The van der Waals surface area contributed by atoms with Gasteiger partial charge < -0.3 is 14.8 Å². The van der Waals surface area contributed by atoms with Crippen molar-refractivity contribution in [1.29, 1.82) is 0 Å². The highest BCUT2D eigenvalue weighted by molar-refractivity contribution is 6.04. The van der Waals surface area contributed by atoms with Crippen molar-refractivity contribution < 1.29 is 14.3 Å². The Labute approximate surface area is 219 Å². The van der Waals surface area contributed by atoms with Crippen LogP contribution in [0.15, 0.2) is 100 Å². The molecule has 3 aromatic carbocycles. The number of rotatable bonds is 6. The van der Waals surface area contributed by atoms with E-state index in [1.807, 2.05) is 78.9 Å². The van der Waals surface area contributed by atoms with E-state index in [0.717, 1.165) is 10.1 Å². The molecule has 4 aromatic rings. The van der Waals surface area contributed by atoms with E-state index in [1.165, 1.54) is 11.6 Å². The van der Waals surface area contributed by atoms with Gasteiger partial charge in [0.2, 0.25) is 0 Å². The highest BCUT2D eigenvalue weighted by atomic mass is 16.5. The van der Waals surface area contributed by atoms with Gasteiger partial charge in [0.05, 0.1) is 29.4 Å². The van der Waals surface area contributed by atoms with Crippen LogP contribution in [0, 0.1) is 0 Å². The molecule has 38 heavy (non-hydrogen) atoms. The number of aromatic nitrogens is 2. The van der Waals surface area contributed by atoms with E-state index in [4.69, 9.17) is 9.47 Å². The normalized spacial score (nSPS) is 14.4. The first-order valence-corrected chi connectivity index (χ1v) is 12.3. The Morgan fingerprint density at radius 2 is 1.53 bits per heavy atom. The topological polar surface area (TPSA) is 91.6 Å². The first-order chi connectivity index (χ1) is 18.4. The molecule has 8 nitrogen and oxygen atoms in total. The molecule has 8 heteroatoms. The lowest BCUT2D eigenvalue weighted by Gasteiger charge is -2.32. The second kappa shape index (κ2) is 10.3. The molecule has 0 aliphatic carbocycles. The summed E-state index contributed by atoms with van der Waals surface area (Å²) >= 11 is 0. The van der Waals surface area contributed by atoms with Gasteiger partial charge in [-0.3, -0.25) is 13.9 Å². The van der Waals surface area contributed by atoms with E-state index in [0.29, 0.717) is 28.6 Å². The lowest BCUT2D eigenvalue weighted by Crippen LogP contribution is -2.43. The zero-order chi connectivity index (χ0) is 26.8. The molecule has 0 radical (unpaired) electrons. The van der Waals surface area contributed by atoms with Crippen LogP contribution in [-0.2, 0) is 23.6 Å². The number of nitrogens with zero attached hydrogens (tertiary/aromatic N) is 2. The maximum atomic E-state index is 13.6. The molecular weight excluding hydrogens is 482 g/mol. The second-order valence-corrected chi connectivity index (χ2v) is 8.89. The third-order valence-electron chi connectivity index (χ3n) is 6.52. The number of ether oxygens (including phenoxy) is 2. The van der Waals surface area contributed by atoms with Crippen molar-refractivity contribution in [3.63, 3.8) is 0 Å². The first kappa shape index (κ1) is 24.8. The largest absolute Gasteiger partial charge is 0.463 e. The molecule has 2 heterocycles. The summed E-state index contributed by atoms with van der Waals surface area (Å²) < 4.78 is 14.0. The molecule has 0 bridgehead atoms. The van der Waals surface area contributed by atoms with E-state index in [1.54, 1.807) is 20.0 Å². The third-order valence-corrected chi connectivity index (χ3v) is 6.52. The fourth-order valence-corrected chi connectivity index (χ4v) is 4.73. The number of hydrogen-bond donors (Lipinski definition) is 1. The summed E-state index contributed by atoms with van der Waals surface area (Å²) in [6.07, 6.45) is 0. The molecule has 1 aliphatic rings. The van der Waals surface area contributed by atoms with Crippen molar-refractivity contribution in [2.75, 3.05) is 11.9 Å². The maximum absolute atomic E-state index is 13.6. The Hall–Kier alpha value is -4.85. The number of para-hydroxylation sites is 1. The minimum Gasteiger partial charge on any atom is -0.463 e. The fraction of sp³-hybridized carbons (Fsp3) is 0.167. The Kier molecular flexibility index (Phi) is 6.70. The molecule has 1 unspecified atom stereocenters. The summed E-state index contributed by atoms with van der Waals surface area (Å²) in [6, 6.07) is 25.9. The van der Waals surface area contributed by atoms with Crippen LogP contribution in [0.4, 0.5) is 5.82 Å². The van der Waals surface area contributed by atoms with Gasteiger partial charge in [-0.1, -0.05) is 60.7 Å². The maximum Gasteiger partial charge on any atom is 0.337 e. The average Bonchev–Trinajstić information content (AvgIpc) is 2.95. The van der Waals surface area contributed by atoms with Crippen LogP contribution in [0.5, 0.6) is 11.5 Å². The Morgan fingerprint density at radius 3 is 2.21 bits per heavy atom. The number of hydrogen-bond acceptors (Lipinski definition) is 6. The second-order valence-electron chi connectivity index (χ2n) is 8.89. The van der Waals surface area contributed by atoms with Gasteiger partial charge >= 0.3 is 11.7 Å². The molecule has 0 amide bonds. The number of anilines is 1. The Bertz CT molecular complexity index is 1650. The van der Waals surface area contributed by atoms with Crippen LogP contribution in [0.2, 0.25) is 0 Å². The molecule has 0 fully saturated rings.